The van der Waals surface area contributed by atoms with Crippen LogP contribution in [0.3, 0.4) is 0 Å². The molecule has 0 bridgehead atoms. The summed E-state index contributed by atoms with van der Waals surface area (Å²) >= 11 is 0. The summed E-state index contributed by atoms with van der Waals surface area (Å²) in [6, 6.07) is -0.0855. The molecule has 7 heteroatoms. The van der Waals surface area contributed by atoms with E-state index in [1.165, 1.54) is 0 Å². The highest BCUT2D eigenvalue weighted by atomic mass is 16.5. The summed E-state index contributed by atoms with van der Waals surface area (Å²) in [7, 11) is 2.01. The molecule has 1 amide bonds. The molecule has 3 aliphatic rings. The summed E-state index contributed by atoms with van der Waals surface area (Å²) in [5.41, 5.74) is -1.16. The van der Waals surface area contributed by atoms with E-state index in [0.29, 0.717) is 37.7 Å². The van der Waals surface area contributed by atoms with Gasteiger partial charge in [-0.15, -0.1) is 0 Å². The van der Waals surface area contributed by atoms with Crippen molar-refractivity contribution in [3.8, 4) is 0 Å². The van der Waals surface area contributed by atoms with E-state index in [4.69, 9.17) is 4.52 Å². The number of carbonyl (C=O) groups excluding carboxylic acids is 1. The predicted octanol–water partition coefficient (Wildman–Crippen LogP) is 1.07. The second-order valence-corrected chi connectivity index (χ2v) is 7.25. The zero-order chi connectivity index (χ0) is 16.0. The maximum Gasteiger partial charge on any atom is 0.254 e. The normalized spacial score (nSPS) is 28.3. The Morgan fingerprint density at radius 1 is 1.30 bits per heavy atom. The zero-order valence-corrected chi connectivity index (χ0v) is 13.6. The summed E-state index contributed by atoms with van der Waals surface area (Å²) in [6.07, 6.45) is 5.28. The average molecular weight is 320 g/mol. The molecular formula is C16H24N4O3. The van der Waals surface area contributed by atoms with Gasteiger partial charge < -0.3 is 14.5 Å². The SMILES string of the molecule is CN1CCN(C(=O)C2(O)CCCC2)CC1c1nc(C2CC2)no1. The monoisotopic (exact) mass is 320 g/mol. The van der Waals surface area contributed by atoms with E-state index in [9.17, 15) is 9.90 Å². The number of rotatable bonds is 3. The highest BCUT2D eigenvalue weighted by Crippen LogP contribution is 2.39. The number of likely N-dealkylation sites (N-methyl/N-ethyl adjacent to an activating group) is 1. The lowest BCUT2D eigenvalue weighted by Crippen LogP contribution is -2.55. The fourth-order valence-electron chi connectivity index (χ4n) is 3.68. The van der Waals surface area contributed by atoms with Gasteiger partial charge in [-0.05, 0) is 45.6 Å². The van der Waals surface area contributed by atoms with Crippen LogP contribution >= 0.6 is 0 Å². The molecule has 1 N–H and O–H groups in total. The Hall–Kier alpha value is -1.47. The first-order valence-electron chi connectivity index (χ1n) is 8.62. The summed E-state index contributed by atoms with van der Waals surface area (Å²) < 4.78 is 5.45. The van der Waals surface area contributed by atoms with Crippen LogP contribution in [0.4, 0.5) is 0 Å². The van der Waals surface area contributed by atoms with Crippen molar-refractivity contribution < 1.29 is 14.4 Å². The molecule has 1 unspecified atom stereocenters. The fraction of sp³-hybridized carbons (Fsp3) is 0.812. The number of amides is 1. The molecule has 0 radical (unpaired) electrons. The Bertz CT molecular complexity index is 592. The smallest absolute Gasteiger partial charge is 0.254 e. The molecule has 4 rings (SSSR count). The molecule has 126 valence electrons. The molecule has 1 saturated heterocycles. The van der Waals surface area contributed by atoms with Crippen molar-refractivity contribution >= 4 is 5.91 Å². The van der Waals surface area contributed by atoms with Crippen LogP contribution in [-0.4, -0.2) is 63.2 Å². The zero-order valence-electron chi connectivity index (χ0n) is 13.6. The number of piperazine rings is 1. The minimum Gasteiger partial charge on any atom is -0.380 e. The maximum absolute atomic E-state index is 12.7. The molecule has 1 aromatic heterocycles. The van der Waals surface area contributed by atoms with Crippen molar-refractivity contribution in [2.45, 2.75) is 56.1 Å². The Morgan fingerprint density at radius 3 is 2.74 bits per heavy atom. The van der Waals surface area contributed by atoms with Gasteiger partial charge in [0.05, 0.1) is 0 Å². The quantitative estimate of drug-likeness (QED) is 0.897. The average Bonchev–Trinajstić information content (AvgIpc) is 3.11. The van der Waals surface area contributed by atoms with Gasteiger partial charge in [0.2, 0.25) is 5.89 Å². The third-order valence-corrected chi connectivity index (χ3v) is 5.45. The number of carbonyl (C=O) groups is 1. The first kappa shape index (κ1) is 15.1. The van der Waals surface area contributed by atoms with Gasteiger partial charge in [0.15, 0.2) is 5.82 Å². The topological polar surface area (TPSA) is 82.7 Å². The minimum absolute atomic E-state index is 0.0855. The number of hydrogen-bond acceptors (Lipinski definition) is 6. The Balaban J connectivity index is 1.49. The molecular weight excluding hydrogens is 296 g/mol. The highest BCUT2D eigenvalue weighted by Gasteiger charge is 2.44. The largest absolute Gasteiger partial charge is 0.380 e. The van der Waals surface area contributed by atoms with Crippen molar-refractivity contribution in [1.29, 1.82) is 0 Å². The van der Waals surface area contributed by atoms with E-state index in [1.54, 1.807) is 4.90 Å². The molecule has 1 aliphatic heterocycles. The number of hydrogen-bond donors (Lipinski definition) is 1. The Labute approximate surface area is 135 Å². The molecule has 23 heavy (non-hydrogen) atoms. The lowest BCUT2D eigenvalue weighted by molar-refractivity contribution is -0.153. The predicted molar refractivity (Wildman–Crippen MR) is 81.6 cm³/mol. The molecule has 7 nitrogen and oxygen atoms in total. The van der Waals surface area contributed by atoms with E-state index in [0.717, 1.165) is 38.1 Å². The van der Waals surface area contributed by atoms with E-state index < -0.39 is 5.60 Å². The van der Waals surface area contributed by atoms with E-state index >= 15 is 0 Å². The summed E-state index contributed by atoms with van der Waals surface area (Å²) in [4.78, 5) is 21.2. The summed E-state index contributed by atoms with van der Waals surface area (Å²) in [5, 5.41) is 14.6. The maximum atomic E-state index is 12.7. The van der Waals surface area contributed by atoms with Gasteiger partial charge in [-0.3, -0.25) is 9.69 Å². The highest BCUT2D eigenvalue weighted by molar-refractivity contribution is 5.85. The third-order valence-electron chi connectivity index (χ3n) is 5.45. The Morgan fingerprint density at radius 2 is 2.04 bits per heavy atom. The van der Waals surface area contributed by atoms with Gasteiger partial charge in [-0.25, -0.2) is 0 Å². The van der Waals surface area contributed by atoms with Crippen LogP contribution in [0.1, 0.15) is 62.2 Å². The molecule has 2 aliphatic carbocycles. The molecule has 1 atom stereocenters. The van der Waals surface area contributed by atoms with E-state index in [2.05, 4.69) is 15.0 Å². The molecule has 2 heterocycles. The van der Waals surface area contributed by atoms with Crippen LogP contribution in [0.5, 0.6) is 0 Å². The van der Waals surface area contributed by atoms with Gasteiger partial charge >= 0.3 is 0 Å². The second-order valence-electron chi connectivity index (χ2n) is 7.25. The van der Waals surface area contributed by atoms with Crippen molar-refractivity contribution in [3.63, 3.8) is 0 Å². The van der Waals surface area contributed by atoms with Crippen LogP contribution in [-0.2, 0) is 4.79 Å². The number of aliphatic hydroxyl groups is 1. The minimum atomic E-state index is -1.16. The van der Waals surface area contributed by atoms with Crippen LogP contribution < -0.4 is 0 Å². The second kappa shape index (κ2) is 5.56. The summed E-state index contributed by atoms with van der Waals surface area (Å²) in [6.45, 7) is 1.88. The third kappa shape index (κ3) is 2.76. The molecule has 3 fully saturated rings. The fourth-order valence-corrected chi connectivity index (χ4v) is 3.68. The van der Waals surface area contributed by atoms with Gasteiger partial charge in [-0.1, -0.05) is 5.16 Å². The number of nitrogens with zero attached hydrogens (tertiary/aromatic N) is 4. The van der Waals surface area contributed by atoms with Crippen molar-refractivity contribution in [2.75, 3.05) is 26.7 Å². The molecule has 1 aromatic rings. The van der Waals surface area contributed by atoms with Crippen LogP contribution in [0.15, 0.2) is 4.52 Å². The van der Waals surface area contributed by atoms with Crippen molar-refractivity contribution in [2.24, 2.45) is 0 Å². The van der Waals surface area contributed by atoms with Crippen molar-refractivity contribution in [1.82, 2.24) is 19.9 Å². The van der Waals surface area contributed by atoms with Gasteiger partial charge in [0.1, 0.15) is 11.6 Å². The lowest BCUT2D eigenvalue weighted by Gasteiger charge is -2.40. The lowest BCUT2D eigenvalue weighted by atomic mass is 9.99. The molecule has 0 spiro atoms. The first-order chi connectivity index (χ1) is 11.1. The standard InChI is InChI=1S/C16H24N4O3/c1-19-8-9-20(15(21)16(22)6-2-3-7-16)10-12(19)14-17-13(18-23-14)11-4-5-11/h11-12,22H,2-10H2,1H3. The first-order valence-corrected chi connectivity index (χ1v) is 8.62. The van der Waals surface area contributed by atoms with Gasteiger partial charge in [0, 0.05) is 25.6 Å². The van der Waals surface area contributed by atoms with Crippen LogP contribution in [0, 0.1) is 0 Å². The Kier molecular flexibility index (Phi) is 3.65. The molecule has 2 saturated carbocycles. The van der Waals surface area contributed by atoms with Crippen LogP contribution in [0.25, 0.3) is 0 Å². The molecule has 0 aromatic carbocycles. The van der Waals surface area contributed by atoms with Gasteiger partial charge in [0.25, 0.3) is 5.91 Å². The number of aromatic nitrogens is 2. The van der Waals surface area contributed by atoms with Gasteiger partial charge in [-0.2, -0.15) is 4.98 Å². The van der Waals surface area contributed by atoms with Crippen molar-refractivity contribution in [3.05, 3.63) is 11.7 Å². The van der Waals surface area contributed by atoms with Crippen LogP contribution in [0.2, 0.25) is 0 Å². The summed E-state index contributed by atoms with van der Waals surface area (Å²) in [5.74, 6) is 1.71. The van der Waals surface area contributed by atoms with E-state index in [-0.39, 0.29) is 11.9 Å². The van der Waals surface area contributed by atoms with E-state index in [1.807, 2.05) is 7.05 Å².